The highest BCUT2D eigenvalue weighted by Gasteiger charge is 2.16. The number of carbonyl (C=O) groups is 2. The van der Waals surface area contributed by atoms with E-state index in [9.17, 15) is 9.59 Å². The SMILES string of the molecule is Cc1cc(C(=O)NCC(=O)Nc2nc3cc(Cl)ccc3n2C)c(C)o1. The van der Waals surface area contributed by atoms with Gasteiger partial charge in [0.25, 0.3) is 5.91 Å². The minimum Gasteiger partial charge on any atom is -0.466 e. The van der Waals surface area contributed by atoms with E-state index in [1.54, 1.807) is 43.7 Å². The number of halogens is 1. The van der Waals surface area contributed by atoms with Gasteiger partial charge in [0.2, 0.25) is 11.9 Å². The van der Waals surface area contributed by atoms with Crippen molar-refractivity contribution in [3.05, 3.63) is 46.4 Å². The number of carbonyl (C=O) groups excluding carboxylic acids is 2. The van der Waals surface area contributed by atoms with Crippen LogP contribution in [0.1, 0.15) is 21.9 Å². The van der Waals surface area contributed by atoms with Gasteiger partial charge in [-0.1, -0.05) is 11.6 Å². The summed E-state index contributed by atoms with van der Waals surface area (Å²) in [6.45, 7) is 3.29. The quantitative estimate of drug-likeness (QED) is 0.748. The average molecular weight is 361 g/mol. The van der Waals surface area contributed by atoms with Gasteiger partial charge in [-0.2, -0.15) is 0 Å². The Bertz CT molecular complexity index is 974. The highest BCUT2D eigenvalue weighted by molar-refractivity contribution is 6.31. The van der Waals surface area contributed by atoms with Crippen LogP contribution in [0.5, 0.6) is 0 Å². The lowest BCUT2D eigenvalue weighted by molar-refractivity contribution is -0.115. The van der Waals surface area contributed by atoms with Crippen molar-refractivity contribution in [1.82, 2.24) is 14.9 Å². The van der Waals surface area contributed by atoms with Crippen LogP contribution in [0.4, 0.5) is 5.95 Å². The van der Waals surface area contributed by atoms with Gasteiger partial charge in [0.15, 0.2) is 0 Å². The number of nitrogens with zero attached hydrogens (tertiary/aromatic N) is 2. The van der Waals surface area contributed by atoms with Crippen molar-refractivity contribution >= 4 is 40.4 Å². The molecule has 0 aliphatic carbocycles. The molecule has 8 heteroatoms. The zero-order valence-electron chi connectivity index (χ0n) is 14.0. The van der Waals surface area contributed by atoms with Gasteiger partial charge in [-0.05, 0) is 38.1 Å². The first kappa shape index (κ1) is 17.0. The van der Waals surface area contributed by atoms with Gasteiger partial charge in [-0.25, -0.2) is 4.98 Å². The normalized spacial score (nSPS) is 10.9. The lowest BCUT2D eigenvalue weighted by atomic mass is 10.2. The number of benzene rings is 1. The fraction of sp³-hybridized carbons (Fsp3) is 0.235. The Morgan fingerprint density at radius 2 is 2.04 bits per heavy atom. The van der Waals surface area contributed by atoms with Crippen molar-refractivity contribution in [2.45, 2.75) is 13.8 Å². The van der Waals surface area contributed by atoms with E-state index in [-0.39, 0.29) is 18.4 Å². The third-order valence-electron chi connectivity index (χ3n) is 3.79. The molecular weight excluding hydrogens is 344 g/mol. The molecule has 0 aliphatic heterocycles. The molecule has 2 N–H and O–H groups in total. The highest BCUT2D eigenvalue weighted by Crippen LogP contribution is 2.21. The smallest absolute Gasteiger partial charge is 0.255 e. The summed E-state index contributed by atoms with van der Waals surface area (Å²) in [5, 5.41) is 5.81. The lowest BCUT2D eigenvalue weighted by Gasteiger charge is -2.06. The summed E-state index contributed by atoms with van der Waals surface area (Å²) >= 11 is 5.95. The minimum absolute atomic E-state index is 0.174. The van der Waals surface area contributed by atoms with Crippen molar-refractivity contribution < 1.29 is 14.0 Å². The number of amides is 2. The fourth-order valence-corrected chi connectivity index (χ4v) is 2.73. The summed E-state index contributed by atoms with van der Waals surface area (Å²) in [5.74, 6) is 0.803. The third-order valence-corrected chi connectivity index (χ3v) is 4.02. The standard InChI is InChI=1S/C17H17ClN4O3/c1-9-6-12(10(2)25-9)16(24)19-8-15(23)21-17-20-13-7-11(18)4-5-14(13)22(17)3/h4-7H,8H2,1-3H3,(H,19,24)(H,20,21,23). The van der Waals surface area contributed by atoms with Crippen molar-refractivity contribution in [3.8, 4) is 0 Å². The second-order valence-electron chi connectivity index (χ2n) is 5.69. The molecule has 0 fully saturated rings. The second-order valence-corrected chi connectivity index (χ2v) is 6.12. The van der Waals surface area contributed by atoms with Crippen molar-refractivity contribution in [3.63, 3.8) is 0 Å². The Balaban J connectivity index is 1.66. The first-order valence-electron chi connectivity index (χ1n) is 7.62. The number of aryl methyl sites for hydroxylation is 3. The number of furan rings is 1. The van der Waals surface area contributed by atoms with Gasteiger partial charge in [0.1, 0.15) is 11.5 Å². The van der Waals surface area contributed by atoms with E-state index in [4.69, 9.17) is 16.0 Å². The maximum absolute atomic E-state index is 12.1. The number of hydrogen-bond acceptors (Lipinski definition) is 4. The molecule has 0 spiro atoms. The number of imidazole rings is 1. The Hall–Kier alpha value is -2.80. The molecule has 0 atom stereocenters. The largest absolute Gasteiger partial charge is 0.466 e. The monoisotopic (exact) mass is 360 g/mol. The van der Waals surface area contributed by atoms with Gasteiger partial charge in [-0.3, -0.25) is 14.9 Å². The van der Waals surface area contributed by atoms with Gasteiger partial charge in [0, 0.05) is 12.1 Å². The summed E-state index contributed by atoms with van der Waals surface area (Å²) < 4.78 is 7.06. The molecule has 25 heavy (non-hydrogen) atoms. The Morgan fingerprint density at radius 1 is 1.28 bits per heavy atom. The molecule has 2 aromatic heterocycles. The summed E-state index contributed by atoms with van der Waals surface area (Å²) in [6, 6.07) is 6.94. The predicted octanol–water partition coefficient (Wildman–Crippen LogP) is 2.81. The predicted molar refractivity (Wildman–Crippen MR) is 94.9 cm³/mol. The van der Waals surface area contributed by atoms with Crippen LogP contribution in [-0.2, 0) is 11.8 Å². The number of anilines is 1. The number of hydrogen-bond donors (Lipinski definition) is 2. The van der Waals surface area contributed by atoms with Gasteiger partial charge in [0.05, 0.1) is 23.1 Å². The zero-order chi connectivity index (χ0) is 18.1. The number of aromatic nitrogens is 2. The molecule has 1 aromatic carbocycles. The summed E-state index contributed by atoms with van der Waals surface area (Å²) in [6.07, 6.45) is 0. The van der Waals surface area contributed by atoms with Crippen molar-refractivity contribution in [2.75, 3.05) is 11.9 Å². The summed E-state index contributed by atoms with van der Waals surface area (Å²) in [4.78, 5) is 28.5. The molecule has 130 valence electrons. The maximum Gasteiger partial charge on any atom is 0.255 e. The topological polar surface area (TPSA) is 89.2 Å². The molecule has 3 rings (SSSR count). The van der Waals surface area contributed by atoms with Crippen LogP contribution >= 0.6 is 11.6 Å². The van der Waals surface area contributed by atoms with Crippen LogP contribution in [0.2, 0.25) is 5.02 Å². The van der Waals surface area contributed by atoms with E-state index in [0.29, 0.717) is 33.6 Å². The molecule has 2 heterocycles. The Labute approximate surface area is 149 Å². The summed E-state index contributed by atoms with van der Waals surface area (Å²) in [5.41, 5.74) is 1.94. The van der Waals surface area contributed by atoms with Gasteiger partial charge >= 0.3 is 0 Å². The molecule has 0 unspecified atom stereocenters. The molecule has 0 radical (unpaired) electrons. The minimum atomic E-state index is -0.379. The lowest BCUT2D eigenvalue weighted by Crippen LogP contribution is -2.33. The first-order valence-corrected chi connectivity index (χ1v) is 8.00. The van der Waals surface area contributed by atoms with E-state index in [2.05, 4.69) is 15.6 Å². The van der Waals surface area contributed by atoms with Crippen LogP contribution in [0, 0.1) is 13.8 Å². The van der Waals surface area contributed by atoms with Crippen LogP contribution in [-0.4, -0.2) is 27.9 Å². The van der Waals surface area contributed by atoms with Crippen LogP contribution in [0.3, 0.4) is 0 Å². The van der Waals surface area contributed by atoms with E-state index < -0.39 is 0 Å². The van der Waals surface area contributed by atoms with E-state index in [1.807, 2.05) is 6.07 Å². The Kier molecular flexibility index (Phi) is 4.50. The van der Waals surface area contributed by atoms with E-state index >= 15 is 0 Å². The summed E-state index contributed by atoms with van der Waals surface area (Å²) in [7, 11) is 1.79. The molecular formula is C17H17ClN4O3. The molecule has 0 saturated carbocycles. The molecule has 2 amide bonds. The third kappa shape index (κ3) is 3.51. The molecule has 0 saturated heterocycles. The molecule has 0 aliphatic rings. The second kappa shape index (κ2) is 6.60. The number of rotatable bonds is 4. The van der Waals surface area contributed by atoms with Gasteiger partial charge in [-0.15, -0.1) is 0 Å². The first-order chi connectivity index (χ1) is 11.8. The molecule has 7 nitrogen and oxygen atoms in total. The average Bonchev–Trinajstić information content (AvgIpc) is 3.04. The van der Waals surface area contributed by atoms with E-state index in [1.165, 1.54) is 0 Å². The van der Waals surface area contributed by atoms with Crippen LogP contribution in [0.25, 0.3) is 11.0 Å². The number of nitrogens with one attached hydrogen (secondary N) is 2. The number of fused-ring (bicyclic) bond motifs is 1. The molecule has 0 bridgehead atoms. The Morgan fingerprint density at radius 3 is 2.72 bits per heavy atom. The van der Waals surface area contributed by atoms with Crippen LogP contribution in [0.15, 0.2) is 28.7 Å². The highest BCUT2D eigenvalue weighted by atomic mass is 35.5. The van der Waals surface area contributed by atoms with Gasteiger partial charge < -0.3 is 14.3 Å². The van der Waals surface area contributed by atoms with Crippen LogP contribution < -0.4 is 10.6 Å². The van der Waals surface area contributed by atoms with Crippen molar-refractivity contribution in [2.24, 2.45) is 7.05 Å². The fourth-order valence-electron chi connectivity index (χ4n) is 2.57. The zero-order valence-corrected chi connectivity index (χ0v) is 14.8. The maximum atomic E-state index is 12.1. The van der Waals surface area contributed by atoms with Crippen molar-refractivity contribution in [1.29, 1.82) is 0 Å². The molecule has 3 aromatic rings. The van der Waals surface area contributed by atoms with E-state index in [0.717, 1.165) is 5.52 Å².